The fraction of sp³-hybridized carbons (Fsp3) is 0.300. The van der Waals surface area contributed by atoms with Crippen LogP contribution in [-0.4, -0.2) is 25.5 Å². The second kappa shape index (κ2) is 7.38. The van der Waals surface area contributed by atoms with Crippen molar-refractivity contribution < 1.29 is 14.3 Å². The lowest BCUT2D eigenvalue weighted by Crippen LogP contribution is -2.30. The van der Waals surface area contributed by atoms with Gasteiger partial charge in [0.25, 0.3) is 0 Å². The highest BCUT2D eigenvalue weighted by Crippen LogP contribution is 2.36. The van der Waals surface area contributed by atoms with E-state index in [9.17, 15) is 9.59 Å². The second-order valence-electron chi connectivity index (χ2n) is 6.14. The van der Waals surface area contributed by atoms with Crippen molar-refractivity contribution >= 4 is 23.2 Å². The molecule has 25 heavy (non-hydrogen) atoms. The molecule has 5 heteroatoms. The van der Waals surface area contributed by atoms with E-state index in [0.717, 1.165) is 29.0 Å². The third kappa shape index (κ3) is 3.82. The Labute approximate surface area is 147 Å². The largest absolute Gasteiger partial charge is 0.497 e. The average Bonchev–Trinajstić information content (AvgIpc) is 3.05. The molecule has 2 aromatic carbocycles. The van der Waals surface area contributed by atoms with Crippen LogP contribution in [0.25, 0.3) is 0 Å². The van der Waals surface area contributed by atoms with Crippen LogP contribution in [0.5, 0.6) is 5.75 Å². The smallest absolute Gasteiger partial charge is 0.227 e. The number of fused-ring (bicyclic) bond motifs is 1. The molecule has 3 rings (SSSR count). The maximum absolute atomic E-state index is 12.7. The fourth-order valence-electron chi connectivity index (χ4n) is 3.17. The van der Waals surface area contributed by atoms with Crippen molar-refractivity contribution in [1.82, 2.24) is 0 Å². The van der Waals surface area contributed by atoms with E-state index in [1.165, 1.54) is 6.92 Å². The number of nitrogens with zero attached hydrogens (tertiary/aromatic N) is 1. The van der Waals surface area contributed by atoms with Gasteiger partial charge in [0, 0.05) is 19.9 Å². The van der Waals surface area contributed by atoms with Crippen LogP contribution in [0.1, 0.15) is 24.5 Å². The Kier molecular flexibility index (Phi) is 5.03. The predicted molar refractivity (Wildman–Crippen MR) is 98.1 cm³/mol. The van der Waals surface area contributed by atoms with Crippen molar-refractivity contribution in [3.63, 3.8) is 0 Å². The van der Waals surface area contributed by atoms with E-state index in [0.29, 0.717) is 25.1 Å². The normalized spacial score (nSPS) is 12.6. The Morgan fingerprint density at radius 3 is 2.60 bits per heavy atom. The Morgan fingerprint density at radius 1 is 1.16 bits per heavy atom. The Morgan fingerprint density at radius 2 is 1.92 bits per heavy atom. The molecule has 1 N–H and O–H groups in total. The maximum Gasteiger partial charge on any atom is 0.227 e. The summed E-state index contributed by atoms with van der Waals surface area (Å²) in [5, 5.41) is 2.83. The summed E-state index contributed by atoms with van der Waals surface area (Å²) in [7, 11) is 1.63. The van der Waals surface area contributed by atoms with Gasteiger partial charge < -0.3 is 15.0 Å². The third-order valence-corrected chi connectivity index (χ3v) is 4.39. The van der Waals surface area contributed by atoms with E-state index in [4.69, 9.17) is 4.74 Å². The van der Waals surface area contributed by atoms with Gasteiger partial charge in [-0.05, 0) is 42.2 Å². The molecule has 0 saturated carbocycles. The zero-order valence-corrected chi connectivity index (χ0v) is 14.5. The zero-order valence-electron chi connectivity index (χ0n) is 14.5. The van der Waals surface area contributed by atoms with E-state index < -0.39 is 0 Å². The monoisotopic (exact) mass is 338 g/mol. The molecule has 2 aromatic rings. The molecule has 0 bridgehead atoms. The van der Waals surface area contributed by atoms with Crippen LogP contribution in [0.15, 0.2) is 42.5 Å². The Bertz CT molecular complexity index is 784. The minimum absolute atomic E-state index is 0.0763. The van der Waals surface area contributed by atoms with Crippen LogP contribution in [0.3, 0.4) is 0 Å². The molecule has 0 saturated heterocycles. The standard InChI is InChI=1S/C20H22N2O3/c1-14(23)21-18-5-3-4-16-12-13-22(20(16)18)19(24)11-8-15-6-9-17(25-2)10-7-15/h3-7,9-10H,8,11-13H2,1-2H3,(H,21,23). The van der Waals surface area contributed by atoms with Gasteiger partial charge in [0.05, 0.1) is 18.5 Å². The maximum atomic E-state index is 12.7. The van der Waals surface area contributed by atoms with Crippen LogP contribution in [-0.2, 0) is 22.4 Å². The molecule has 0 aromatic heterocycles. The van der Waals surface area contributed by atoms with Crippen molar-refractivity contribution in [3.8, 4) is 5.75 Å². The highest BCUT2D eigenvalue weighted by molar-refractivity contribution is 6.02. The summed E-state index contributed by atoms with van der Waals surface area (Å²) in [5.74, 6) is 0.752. The summed E-state index contributed by atoms with van der Waals surface area (Å²) in [4.78, 5) is 26.0. The first-order valence-electron chi connectivity index (χ1n) is 8.41. The topological polar surface area (TPSA) is 58.6 Å². The Hall–Kier alpha value is -2.82. The minimum Gasteiger partial charge on any atom is -0.497 e. The lowest BCUT2D eigenvalue weighted by atomic mass is 10.1. The molecule has 2 amide bonds. The number of carbonyl (C=O) groups is 2. The Balaban J connectivity index is 1.71. The van der Waals surface area contributed by atoms with Crippen LogP contribution in [0.2, 0.25) is 0 Å². The number of nitrogens with one attached hydrogen (secondary N) is 1. The zero-order chi connectivity index (χ0) is 17.8. The number of methoxy groups -OCH3 is 1. The van der Waals surface area contributed by atoms with Gasteiger partial charge >= 0.3 is 0 Å². The van der Waals surface area contributed by atoms with E-state index in [-0.39, 0.29) is 11.8 Å². The summed E-state index contributed by atoms with van der Waals surface area (Å²) < 4.78 is 5.15. The number of ether oxygens (including phenoxy) is 1. The summed E-state index contributed by atoms with van der Waals surface area (Å²) in [6.07, 6.45) is 1.92. The van der Waals surface area contributed by atoms with Gasteiger partial charge in [-0.3, -0.25) is 9.59 Å². The van der Waals surface area contributed by atoms with Gasteiger partial charge in [-0.1, -0.05) is 24.3 Å². The van der Waals surface area contributed by atoms with Crippen LogP contribution in [0.4, 0.5) is 11.4 Å². The van der Waals surface area contributed by atoms with Gasteiger partial charge in [0.15, 0.2) is 0 Å². The van der Waals surface area contributed by atoms with Crippen molar-refractivity contribution in [2.45, 2.75) is 26.2 Å². The summed E-state index contributed by atoms with van der Waals surface area (Å²) in [6, 6.07) is 13.5. The molecule has 0 unspecified atom stereocenters. The number of anilines is 2. The predicted octanol–water partition coefficient (Wildman–Crippen LogP) is 3.18. The number of benzene rings is 2. The van der Waals surface area contributed by atoms with Gasteiger partial charge in [0.2, 0.25) is 11.8 Å². The summed E-state index contributed by atoms with van der Waals surface area (Å²) >= 11 is 0. The number of para-hydroxylation sites is 1. The quantitative estimate of drug-likeness (QED) is 0.911. The first-order valence-corrected chi connectivity index (χ1v) is 8.41. The van der Waals surface area contributed by atoms with Gasteiger partial charge in [-0.2, -0.15) is 0 Å². The fourth-order valence-corrected chi connectivity index (χ4v) is 3.17. The summed E-state index contributed by atoms with van der Waals surface area (Å²) in [5.41, 5.74) is 3.76. The second-order valence-corrected chi connectivity index (χ2v) is 6.14. The van der Waals surface area contributed by atoms with Crippen molar-refractivity contribution in [1.29, 1.82) is 0 Å². The molecule has 130 valence electrons. The molecule has 0 spiro atoms. The minimum atomic E-state index is -0.133. The van der Waals surface area contributed by atoms with E-state index in [1.807, 2.05) is 42.5 Å². The first kappa shape index (κ1) is 17.0. The highest BCUT2D eigenvalue weighted by atomic mass is 16.5. The SMILES string of the molecule is COc1ccc(CCC(=O)N2CCc3cccc(NC(C)=O)c32)cc1. The van der Waals surface area contributed by atoms with Gasteiger partial charge in [-0.25, -0.2) is 0 Å². The molecule has 1 aliphatic rings. The number of carbonyl (C=O) groups excluding carboxylic acids is 2. The molecular weight excluding hydrogens is 316 g/mol. The van der Waals surface area contributed by atoms with E-state index in [2.05, 4.69) is 5.32 Å². The van der Waals surface area contributed by atoms with Crippen LogP contribution in [0, 0.1) is 0 Å². The summed E-state index contributed by atoms with van der Waals surface area (Å²) in [6.45, 7) is 2.14. The number of hydrogen-bond acceptors (Lipinski definition) is 3. The van der Waals surface area contributed by atoms with Crippen molar-refractivity contribution in [2.75, 3.05) is 23.9 Å². The number of amides is 2. The van der Waals surface area contributed by atoms with Crippen molar-refractivity contribution in [2.24, 2.45) is 0 Å². The molecule has 0 aliphatic carbocycles. The molecular formula is C20H22N2O3. The molecule has 1 heterocycles. The van der Waals surface area contributed by atoms with Crippen LogP contribution >= 0.6 is 0 Å². The van der Waals surface area contributed by atoms with Gasteiger partial charge in [-0.15, -0.1) is 0 Å². The lowest BCUT2D eigenvalue weighted by molar-refractivity contribution is -0.118. The highest BCUT2D eigenvalue weighted by Gasteiger charge is 2.27. The lowest BCUT2D eigenvalue weighted by Gasteiger charge is -2.20. The molecule has 5 nitrogen and oxygen atoms in total. The molecule has 0 fully saturated rings. The third-order valence-electron chi connectivity index (χ3n) is 4.39. The van der Waals surface area contributed by atoms with Crippen LogP contribution < -0.4 is 15.0 Å². The number of aryl methyl sites for hydroxylation is 1. The van der Waals surface area contributed by atoms with E-state index >= 15 is 0 Å². The molecule has 0 atom stereocenters. The average molecular weight is 338 g/mol. The van der Waals surface area contributed by atoms with Gasteiger partial charge in [0.1, 0.15) is 5.75 Å². The van der Waals surface area contributed by atoms with Crippen molar-refractivity contribution in [3.05, 3.63) is 53.6 Å². The molecule has 1 aliphatic heterocycles. The number of rotatable bonds is 5. The molecule has 0 radical (unpaired) electrons. The number of hydrogen-bond donors (Lipinski definition) is 1. The first-order chi connectivity index (χ1) is 12.1. The van der Waals surface area contributed by atoms with E-state index in [1.54, 1.807) is 12.0 Å².